The van der Waals surface area contributed by atoms with E-state index in [9.17, 15) is 28.4 Å². The SMILES string of the molecule is CCC(C)(C)[C@H](NC(=O)C1CC1)C(=O)N1C[C@H]2[C@@H]([C@H]1C(=O)NN(C[C@@H]1CCCNC1=O)C(=O)[C@H](F)Cl)C2(C)C. The molecular weight excluding hydrogens is 529 g/mol. The van der Waals surface area contributed by atoms with Crippen LogP contribution in [-0.4, -0.2) is 76.8 Å². The van der Waals surface area contributed by atoms with Crippen LogP contribution in [0.1, 0.15) is 66.7 Å². The number of amides is 5. The summed E-state index contributed by atoms with van der Waals surface area (Å²) >= 11 is 5.45. The third-order valence-corrected chi connectivity index (χ3v) is 9.62. The summed E-state index contributed by atoms with van der Waals surface area (Å²) in [5.41, 5.74) is -0.677. The second kappa shape index (κ2) is 10.9. The summed E-state index contributed by atoms with van der Waals surface area (Å²) in [5, 5.41) is 6.45. The molecule has 5 amide bonds. The lowest BCUT2D eigenvalue weighted by Crippen LogP contribution is -2.62. The van der Waals surface area contributed by atoms with Crippen molar-refractivity contribution in [3.63, 3.8) is 0 Å². The van der Waals surface area contributed by atoms with E-state index < -0.39 is 40.9 Å². The highest BCUT2D eigenvalue weighted by molar-refractivity contribution is 6.29. The van der Waals surface area contributed by atoms with Gasteiger partial charge < -0.3 is 15.5 Å². The van der Waals surface area contributed by atoms with Crippen molar-refractivity contribution in [2.24, 2.45) is 34.5 Å². The second-order valence-electron chi connectivity index (χ2n) is 12.8. The summed E-state index contributed by atoms with van der Waals surface area (Å²) in [5.74, 6) is -3.40. The highest BCUT2D eigenvalue weighted by atomic mass is 35.5. The van der Waals surface area contributed by atoms with Crippen LogP contribution < -0.4 is 16.1 Å². The molecule has 39 heavy (non-hydrogen) atoms. The predicted molar refractivity (Wildman–Crippen MR) is 141 cm³/mol. The van der Waals surface area contributed by atoms with Gasteiger partial charge in [0.1, 0.15) is 12.1 Å². The van der Waals surface area contributed by atoms with Gasteiger partial charge in [-0.2, -0.15) is 0 Å². The number of carbonyl (C=O) groups excluding carboxylic acids is 5. The van der Waals surface area contributed by atoms with Crippen LogP contribution >= 0.6 is 11.6 Å². The predicted octanol–water partition coefficient (Wildman–Crippen LogP) is 1.72. The topological polar surface area (TPSA) is 128 Å². The van der Waals surface area contributed by atoms with Crippen LogP contribution in [0.25, 0.3) is 0 Å². The first kappa shape index (κ1) is 29.6. The first-order valence-electron chi connectivity index (χ1n) is 14.0. The molecule has 0 unspecified atom stereocenters. The van der Waals surface area contributed by atoms with Crippen LogP contribution in [0.5, 0.6) is 0 Å². The Kier molecular flexibility index (Phi) is 8.23. The van der Waals surface area contributed by atoms with E-state index in [0.717, 1.165) is 17.9 Å². The van der Waals surface area contributed by atoms with Crippen LogP contribution in [0.2, 0.25) is 0 Å². The van der Waals surface area contributed by atoms with E-state index in [4.69, 9.17) is 11.6 Å². The van der Waals surface area contributed by atoms with Crippen molar-refractivity contribution >= 4 is 41.1 Å². The molecule has 0 spiro atoms. The number of rotatable bonds is 9. The normalized spacial score (nSPS) is 29.0. The van der Waals surface area contributed by atoms with Gasteiger partial charge in [0.25, 0.3) is 17.4 Å². The van der Waals surface area contributed by atoms with Gasteiger partial charge in [0, 0.05) is 19.0 Å². The number of nitrogens with zero attached hydrogens (tertiary/aromatic N) is 2. The molecule has 0 aromatic rings. The molecule has 2 saturated heterocycles. The van der Waals surface area contributed by atoms with Crippen LogP contribution in [0.15, 0.2) is 0 Å². The van der Waals surface area contributed by atoms with Gasteiger partial charge in [-0.05, 0) is 54.8 Å². The Morgan fingerprint density at radius 2 is 1.87 bits per heavy atom. The molecule has 2 aliphatic carbocycles. The highest BCUT2D eigenvalue weighted by Gasteiger charge is 2.70. The molecule has 12 heteroatoms. The summed E-state index contributed by atoms with van der Waals surface area (Å²) in [7, 11) is 0. The van der Waals surface area contributed by atoms with Gasteiger partial charge in [0.05, 0.1) is 12.5 Å². The number of halogens is 2. The molecule has 0 aromatic heterocycles. The third-order valence-electron chi connectivity index (χ3n) is 9.43. The van der Waals surface area contributed by atoms with E-state index in [1.807, 2.05) is 34.6 Å². The molecule has 3 N–H and O–H groups in total. The van der Waals surface area contributed by atoms with Crippen molar-refractivity contribution in [3.8, 4) is 0 Å². The first-order chi connectivity index (χ1) is 18.2. The highest BCUT2D eigenvalue weighted by Crippen LogP contribution is 2.65. The summed E-state index contributed by atoms with van der Waals surface area (Å²) in [4.78, 5) is 66.9. The van der Waals surface area contributed by atoms with Crippen LogP contribution in [0.4, 0.5) is 4.39 Å². The summed E-state index contributed by atoms with van der Waals surface area (Å²) in [6.07, 6.45) is 3.38. The number of hydrogen-bond donors (Lipinski definition) is 3. The fourth-order valence-electron chi connectivity index (χ4n) is 6.12. The Hall–Kier alpha value is -2.43. The molecule has 4 rings (SSSR count). The fraction of sp³-hybridized carbons (Fsp3) is 0.815. The molecule has 4 aliphatic rings. The Bertz CT molecular complexity index is 1030. The Morgan fingerprint density at radius 3 is 2.44 bits per heavy atom. The molecule has 0 bridgehead atoms. The van der Waals surface area contributed by atoms with E-state index in [0.29, 0.717) is 32.4 Å². The second-order valence-corrected chi connectivity index (χ2v) is 13.2. The lowest BCUT2D eigenvalue weighted by Gasteiger charge is -2.39. The van der Waals surface area contributed by atoms with E-state index in [1.165, 1.54) is 4.90 Å². The van der Waals surface area contributed by atoms with Gasteiger partial charge in [-0.15, -0.1) is 0 Å². The number of carbonyl (C=O) groups is 5. The Morgan fingerprint density at radius 1 is 1.21 bits per heavy atom. The molecule has 2 saturated carbocycles. The molecule has 6 atom stereocenters. The van der Waals surface area contributed by atoms with E-state index in [1.54, 1.807) is 0 Å². The zero-order chi connectivity index (χ0) is 28.9. The quantitative estimate of drug-likeness (QED) is 0.288. The van der Waals surface area contributed by atoms with Gasteiger partial charge in [-0.3, -0.25) is 29.4 Å². The van der Waals surface area contributed by atoms with Crippen molar-refractivity contribution in [3.05, 3.63) is 0 Å². The molecule has 2 heterocycles. The van der Waals surface area contributed by atoms with Crippen LogP contribution in [0.3, 0.4) is 0 Å². The minimum atomic E-state index is -2.41. The van der Waals surface area contributed by atoms with E-state index in [2.05, 4.69) is 16.1 Å². The number of likely N-dealkylation sites (tertiary alicyclic amines) is 1. The smallest absolute Gasteiger partial charge is 0.291 e. The van der Waals surface area contributed by atoms with Crippen molar-refractivity contribution in [2.45, 2.75) is 84.4 Å². The molecule has 4 fully saturated rings. The Balaban J connectivity index is 1.57. The standard InChI is InChI=1S/C27H41ClFN5O5/c1-6-26(2,3)19(31-22(36)14-9-10-14)24(38)33-13-16-17(27(16,4)5)18(33)23(37)32-34(25(39)20(28)29)12-15-8-7-11-30-21(15)35/h14-20H,6-13H2,1-5H3,(H,30,35)(H,31,36)(H,32,37)/t15-,16-,17-,18-,19+,20-/m0/s1. The first-order valence-corrected chi connectivity index (χ1v) is 14.4. The minimum Gasteiger partial charge on any atom is -0.356 e. The number of hydrogen-bond acceptors (Lipinski definition) is 5. The number of piperidine rings is 2. The monoisotopic (exact) mass is 569 g/mol. The average Bonchev–Trinajstić information content (AvgIpc) is 3.76. The largest absolute Gasteiger partial charge is 0.356 e. The fourth-order valence-corrected chi connectivity index (χ4v) is 6.24. The van der Waals surface area contributed by atoms with Crippen molar-refractivity contribution in [1.82, 2.24) is 26.0 Å². The molecule has 10 nitrogen and oxygen atoms in total. The molecule has 0 radical (unpaired) electrons. The number of alkyl halides is 2. The molecule has 2 aliphatic heterocycles. The molecular formula is C27H41ClFN5O5. The number of fused-ring (bicyclic) bond motifs is 1. The number of nitrogens with one attached hydrogen (secondary N) is 3. The molecule has 218 valence electrons. The lowest BCUT2D eigenvalue weighted by molar-refractivity contribution is -0.151. The van der Waals surface area contributed by atoms with Crippen molar-refractivity contribution in [1.29, 1.82) is 0 Å². The van der Waals surface area contributed by atoms with Gasteiger partial charge >= 0.3 is 0 Å². The van der Waals surface area contributed by atoms with Gasteiger partial charge in [-0.25, -0.2) is 9.40 Å². The van der Waals surface area contributed by atoms with Gasteiger partial charge in [0.2, 0.25) is 17.7 Å². The van der Waals surface area contributed by atoms with E-state index in [-0.39, 0.29) is 47.4 Å². The minimum absolute atomic E-state index is 0.0666. The lowest BCUT2D eigenvalue weighted by atomic mass is 9.80. The maximum Gasteiger partial charge on any atom is 0.291 e. The van der Waals surface area contributed by atoms with Crippen molar-refractivity contribution in [2.75, 3.05) is 19.6 Å². The number of hydrazine groups is 1. The van der Waals surface area contributed by atoms with Gasteiger partial charge in [0.15, 0.2) is 0 Å². The van der Waals surface area contributed by atoms with E-state index >= 15 is 0 Å². The third kappa shape index (κ3) is 5.88. The average molecular weight is 570 g/mol. The summed E-state index contributed by atoms with van der Waals surface area (Å²) < 4.78 is 13.9. The van der Waals surface area contributed by atoms with Crippen LogP contribution in [0, 0.1) is 34.5 Å². The van der Waals surface area contributed by atoms with Gasteiger partial charge in [-0.1, -0.05) is 46.2 Å². The summed E-state index contributed by atoms with van der Waals surface area (Å²) in [6.45, 7) is 10.4. The zero-order valence-electron chi connectivity index (χ0n) is 23.4. The maximum atomic E-state index is 14.0. The Labute approximate surface area is 234 Å². The van der Waals surface area contributed by atoms with Crippen LogP contribution in [-0.2, 0) is 24.0 Å². The maximum absolute atomic E-state index is 14.0. The van der Waals surface area contributed by atoms with Crippen molar-refractivity contribution < 1.29 is 28.4 Å². The molecule has 0 aromatic carbocycles. The summed E-state index contributed by atoms with van der Waals surface area (Å²) in [6, 6.07) is -1.75. The zero-order valence-corrected chi connectivity index (χ0v) is 24.1.